The second-order valence-corrected chi connectivity index (χ2v) is 7.61. The summed E-state index contributed by atoms with van der Waals surface area (Å²) >= 11 is 0. The van der Waals surface area contributed by atoms with Gasteiger partial charge in [0.15, 0.2) is 11.5 Å². The van der Waals surface area contributed by atoms with E-state index in [1.165, 1.54) is 10.4 Å². The lowest BCUT2D eigenvalue weighted by molar-refractivity contribution is 0.174. The molecule has 0 bridgehead atoms. The van der Waals surface area contributed by atoms with E-state index in [4.69, 9.17) is 9.47 Å². The number of nitrogens with zero attached hydrogens (tertiary/aromatic N) is 2. The second kappa shape index (κ2) is 5.54. The smallest absolute Gasteiger partial charge is 0.243 e. The first kappa shape index (κ1) is 14.5. The molecule has 0 unspecified atom stereocenters. The zero-order valence-electron chi connectivity index (χ0n) is 12.4. The number of sulfonamides is 1. The van der Waals surface area contributed by atoms with Crippen molar-refractivity contribution in [1.29, 1.82) is 0 Å². The fourth-order valence-electron chi connectivity index (χ4n) is 3.06. The minimum absolute atomic E-state index is 0.132. The van der Waals surface area contributed by atoms with Gasteiger partial charge >= 0.3 is 0 Å². The Labute approximate surface area is 134 Å². The molecular formula is C15H17N3O4S. The van der Waals surface area contributed by atoms with Gasteiger partial charge in [0.2, 0.25) is 16.8 Å². The molecule has 1 saturated heterocycles. The highest BCUT2D eigenvalue weighted by Gasteiger charge is 2.31. The number of ether oxygens (including phenoxy) is 2. The van der Waals surface area contributed by atoms with E-state index in [1.54, 1.807) is 24.5 Å². The zero-order valence-corrected chi connectivity index (χ0v) is 13.3. The van der Waals surface area contributed by atoms with Gasteiger partial charge in [-0.05, 0) is 25.0 Å². The number of aromatic nitrogens is 2. The molecule has 8 heteroatoms. The first-order chi connectivity index (χ1) is 11.1. The van der Waals surface area contributed by atoms with Gasteiger partial charge in [-0.25, -0.2) is 13.4 Å². The molecule has 2 aromatic rings. The second-order valence-electron chi connectivity index (χ2n) is 5.67. The Morgan fingerprint density at radius 3 is 2.70 bits per heavy atom. The SMILES string of the molecule is O=S(=O)(c1ccc2c(c1)OCO2)N1CCC(c2ncc[nH]2)CC1. The van der Waals surface area contributed by atoms with Crippen LogP contribution in [0.15, 0.2) is 35.5 Å². The molecule has 2 aliphatic heterocycles. The van der Waals surface area contributed by atoms with E-state index in [0.717, 1.165) is 18.7 Å². The Bertz CT molecular complexity index is 796. The summed E-state index contributed by atoms with van der Waals surface area (Å²) in [6, 6.07) is 4.75. The summed E-state index contributed by atoms with van der Waals surface area (Å²) < 4.78 is 37.6. The molecule has 0 radical (unpaired) electrons. The lowest BCUT2D eigenvalue weighted by Gasteiger charge is -2.30. The first-order valence-electron chi connectivity index (χ1n) is 7.54. The number of nitrogens with one attached hydrogen (secondary N) is 1. The third-order valence-corrected chi connectivity index (χ3v) is 6.24. The van der Waals surface area contributed by atoms with Crippen LogP contribution in [-0.4, -0.2) is 42.6 Å². The van der Waals surface area contributed by atoms with Crippen LogP contribution >= 0.6 is 0 Å². The summed E-state index contributed by atoms with van der Waals surface area (Å²) in [5, 5.41) is 0. The van der Waals surface area contributed by atoms with Crippen molar-refractivity contribution in [2.24, 2.45) is 0 Å². The molecule has 4 rings (SSSR count). The van der Waals surface area contributed by atoms with Gasteiger partial charge in [0.1, 0.15) is 5.82 Å². The van der Waals surface area contributed by atoms with Crippen LogP contribution < -0.4 is 9.47 Å². The van der Waals surface area contributed by atoms with Crippen LogP contribution in [0.1, 0.15) is 24.6 Å². The number of H-pyrrole nitrogens is 1. The molecule has 0 atom stereocenters. The summed E-state index contributed by atoms with van der Waals surface area (Å²) in [6.07, 6.45) is 5.05. The standard InChI is InChI=1S/C15H17N3O4S/c19-23(20,12-1-2-13-14(9-12)22-10-21-13)18-7-3-11(4-8-18)15-16-5-6-17-15/h1-2,5-6,9,11H,3-4,7-8,10H2,(H,16,17). The molecule has 122 valence electrons. The highest BCUT2D eigenvalue weighted by Crippen LogP contribution is 2.35. The molecule has 0 spiro atoms. The third kappa shape index (κ3) is 2.57. The topological polar surface area (TPSA) is 84.5 Å². The Morgan fingerprint density at radius 2 is 1.96 bits per heavy atom. The third-order valence-electron chi connectivity index (χ3n) is 4.34. The Hall–Kier alpha value is -2.06. The quantitative estimate of drug-likeness (QED) is 0.923. The highest BCUT2D eigenvalue weighted by molar-refractivity contribution is 7.89. The fraction of sp³-hybridized carbons (Fsp3) is 0.400. The predicted octanol–water partition coefficient (Wildman–Crippen LogP) is 1.71. The summed E-state index contributed by atoms with van der Waals surface area (Å²) in [4.78, 5) is 7.63. The first-order valence-corrected chi connectivity index (χ1v) is 8.98. The molecule has 0 amide bonds. The maximum atomic E-state index is 12.8. The van der Waals surface area contributed by atoms with Crippen LogP contribution in [0.5, 0.6) is 11.5 Å². The van der Waals surface area contributed by atoms with Crippen LogP contribution in [0.25, 0.3) is 0 Å². The molecule has 1 N–H and O–H groups in total. The largest absolute Gasteiger partial charge is 0.454 e. The Morgan fingerprint density at radius 1 is 1.17 bits per heavy atom. The van der Waals surface area contributed by atoms with Gasteiger partial charge in [0.05, 0.1) is 4.90 Å². The number of rotatable bonds is 3. The van der Waals surface area contributed by atoms with Gasteiger partial charge in [-0.15, -0.1) is 0 Å². The van der Waals surface area contributed by atoms with Crippen molar-refractivity contribution in [3.05, 3.63) is 36.4 Å². The molecule has 7 nitrogen and oxygen atoms in total. The average Bonchev–Trinajstić information content (AvgIpc) is 3.25. The van der Waals surface area contributed by atoms with Gasteiger partial charge in [-0.1, -0.05) is 0 Å². The average molecular weight is 335 g/mol. The minimum atomic E-state index is -3.51. The fourth-order valence-corrected chi connectivity index (χ4v) is 4.54. The van der Waals surface area contributed by atoms with Crippen molar-refractivity contribution in [1.82, 2.24) is 14.3 Å². The molecular weight excluding hydrogens is 318 g/mol. The molecule has 0 aliphatic carbocycles. The molecule has 1 aromatic heterocycles. The molecule has 2 aliphatic rings. The minimum Gasteiger partial charge on any atom is -0.454 e. The zero-order chi connectivity index (χ0) is 15.9. The van der Waals surface area contributed by atoms with Crippen molar-refractivity contribution in [3.8, 4) is 11.5 Å². The van der Waals surface area contributed by atoms with Gasteiger partial charge < -0.3 is 14.5 Å². The number of piperidine rings is 1. The normalized spacial score (nSPS) is 19.1. The maximum Gasteiger partial charge on any atom is 0.243 e. The van der Waals surface area contributed by atoms with Crippen LogP contribution in [-0.2, 0) is 10.0 Å². The van der Waals surface area contributed by atoms with Gasteiger partial charge in [-0.2, -0.15) is 4.31 Å². The van der Waals surface area contributed by atoms with Gasteiger partial charge in [0, 0.05) is 37.5 Å². The number of hydrogen-bond donors (Lipinski definition) is 1. The van der Waals surface area contributed by atoms with Crippen molar-refractivity contribution in [3.63, 3.8) is 0 Å². The number of imidazole rings is 1. The van der Waals surface area contributed by atoms with E-state index in [9.17, 15) is 8.42 Å². The molecule has 1 aromatic carbocycles. The number of hydrogen-bond acceptors (Lipinski definition) is 5. The van der Waals surface area contributed by atoms with E-state index >= 15 is 0 Å². The van der Waals surface area contributed by atoms with E-state index in [1.807, 2.05) is 0 Å². The van der Waals surface area contributed by atoms with Crippen molar-refractivity contribution < 1.29 is 17.9 Å². The lowest BCUT2D eigenvalue weighted by Crippen LogP contribution is -2.38. The Kier molecular flexibility index (Phi) is 3.50. The summed E-state index contributed by atoms with van der Waals surface area (Å²) in [5.74, 6) is 2.29. The van der Waals surface area contributed by atoms with Crippen LogP contribution in [0.4, 0.5) is 0 Å². The monoisotopic (exact) mass is 335 g/mol. The van der Waals surface area contributed by atoms with Crippen molar-refractivity contribution >= 4 is 10.0 Å². The van der Waals surface area contributed by atoms with Gasteiger partial charge in [-0.3, -0.25) is 0 Å². The van der Waals surface area contributed by atoms with E-state index in [-0.39, 0.29) is 17.6 Å². The van der Waals surface area contributed by atoms with Crippen LogP contribution in [0.2, 0.25) is 0 Å². The van der Waals surface area contributed by atoms with Crippen molar-refractivity contribution in [2.45, 2.75) is 23.7 Å². The van der Waals surface area contributed by atoms with Crippen LogP contribution in [0.3, 0.4) is 0 Å². The van der Waals surface area contributed by atoms with E-state index in [0.29, 0.717) is 24.6 Å². The van der Waals surface area contributed by atoms with E-state index < -0.39 is 10.0 Å². The molecule has 23 heavy (non-hydrogen) atoms. The maximum absolute atomic E-state index is 12.8. The summed E-state index contributed by atoms with van der Waals surface area (Å²) in [6.45, 7) is 1.11. The summed E-state index contributed by atoms with van der Waals surface area (Å²) in [7, 11) is -3.51. The number of aromatic amines is 1. The van der Waals surface area contributed by atoms with E-state index in [2.05, 4.69) is 9.97 Å². The molecule has 3 heterocycles. The van der Waals surface area contributed by atoms with Crippen molar-refractivity contribution in [2.75, 3.05) is 19.9 Å². The molecule has 1 fully saturated rings. The van der Waals surface area contributed by atoms with Gasteiger partial charge in [0.25, 0.3) is 0 Å². The Balaban J connectivity index is 1.51. The molecule has 0 saturated carbocycles. The predicted molar refractivity (Wildman–Crippen MR) is 81.9 cm³/mol. The number of fused-ring (bicyclic) bond motifs is 1. The summed E-state index contributed by atoms with van der Waals surface area (Å²) in [5.41, 5.74) is 0. The lowest BCUT2D eigenvalue weighted by atomic mass is 9.98. The number of benzene rings is 1. The highest BCUT2D eigenvalue weighted by atomic mass is 32.2. The van der Waals surface area contributed by atoms with Crippen LogP contribution in [0, 0.1) is 0 Å².